The fourth-order valence-electron chi connectivity index (χ4n) is 3.29. The van der Waals surface area contributed by atoms with E-state index in [9.17, 15) is 0 Å². The van der Waals surface area contributed by atoms with Gasteiger partial charge in [-0.2, -0.15) is 0 Å². The molecule has 1 aliphatic rings. The number of nitrogen functional groups attached to an aromatic ring is 1. The van der Waals surface area contributed by atoms with Crippen molar-refractivity contribution in [3.63, 3.8) is 0 Å². The monoisotopic (exact) mass is 398 g/mol. The van der Waals surface area contributed by atoms with Gasteiger partial charge in [0.15, 0.2) is 8.32 Å². The third-order valence-corrected chi connectivity index (χ3v) is 10.8. The maximum Gasteiger partial charge on any atom is 0.192 e. The van der Waals surface area contributed by atoms with Gasteiger partial charge in [-0.15, -0.1) is 0 Å². The molecule has 28 heavy (non-hydrogen) atoms. The van der Waals surface area contributed by atoms with E-state index >= 15 is 0 Å². The van der Waals surface area contributed by atoms with E-state index in [1.165, 1.54) is 11.3 Å². The van der Waals surface area contributed by atoms with Gasteiger partial charge in [-0.25, -0.2) is 4.98 Å². The van der Waals surface area contributed by atoms with E-state index in [0.29, 0.717) is 18.3 Å². The van der Waals surface area contributed by atoms with Crippen molar-refractivity contribution in [2.75, 3.05) is 23.7 Å². The summed E-state index contributed by atoms with van der Waals surface area (Å²) in [7, 11) is -1.74. The van der Waals surface area contributed by atoms with Crippen LogP contribution >= 0.6 is 0 Å². The Morgan fingerprint density at radius 2 is 1.79 bits per heavy atom. The van der Waals surface area contributed by atoms with Gasteiger partial charge in [-0.1, -0.05) is 26.8 Å². The van der Waals surface area contributed by atoms with Gasteiger partial charge in [0.05, 0.1) is 24.2 Å². The summed E-state index contributed by atoms with van der Waals surface area (Å²) in [6.45, 7) is 14.0. The summed E-state index contributed by atoms with van der Waals surface area (Å²) in [6, 6.07) is 8.30. The van der Waals surface area contributed by atoms with E-state index in [0.717, 1.165) is 31.6 Å². The first-order chi connectivity index (χ1) is 13.2. The first-order valence-corrected chi connectivity index (χ1v) is 13.1. The molecule has 3 rings (SSSR count). The van der Waals surface area contributed by atoms with Crippen molar-refractivity contribution in [2.24, 2.45) is 0 Å². The highest BCUT2D eigenvalue weighted by Crippen LogP contribution is 2.37. The molecular formula is C22H34N4OSi. The van der Waals surface area contributed by atoms with Crippen molar-refractivity contribution in [1.82, 2.24) is 9.97 Å². The van der Waals surface area contributed by atoms with Crippen LogP contribution in [0.1, 0.15) is 50.8 Å². The van der Waals surface area contributed by atoms with Gasteiger partial charge in [0.1, 0.15) is 5.82 Å². The number of rotatable bonds is 5. The summed E-state index contributed by atoms with van der Waals surface area (Å²) >= 11 is 0. The predicted octanol–water partition coefficient (Wildman–Crippen LogP) is 4.96. The van der Waals surface area contributed by atoms with Gasteiger partial charge in [-0.05, 0) is 60.7 Å². The largest absolute Gasteiger partial charge is 0.411 e. The van der Waals surface area contributed by atoms with E-state index in [1.807, 2.05) is 18.5 Å². The molecule has 1 aliphatic heterocycles. The molecule has 6 heteroatoms. The highest BCUT2D eigenvalue weighted by molar-refractivity contribution is 6.74. The average molecular weight is 399 g/mol. The fraction of sp³-hybridized carbons (Fsp3) is 0.545. The van der Waals surface area contributed by atoms with Gasteiger partial charge in [0.25, 0.3) is 0 Å². The van der Waals surface area contributed by atoms with E-state index in [-0.39, 0.29) is 5.04 Å². The van der Waals surface area contributed by atoms with Crippen LogP contribution in [0.2, 0.25) is 18.1 Å². The molecule has 3 heterocycles. The number of nitrogens with two attached hydrogens (primary N) is 1. The number of aromatic nitrogens is 2. The molecule has 0 amide bonds. The van der Waals surface area contributed by atoms with Crippen molar-refractivity contribution < 1.29 is 4.43 Å². The topological polar surface area (TPSA) is 64.3 Å². The zero-order chi connectivity index (χ0) is 20.4. The normalized spacial score (nSPS) is 16.4. The number of hydrogen-bond acceptors (Lipinski definition) is 5. The second-order valence-electron chi connectivity index (χ2n) is 9.33. The Bertz CT molecular complexity index is 761. The highest BCUT2D eigenvalue weighted by Gasteiger charge is 2.37. The van der Waals surface area contributed by atoms with Gasteiger partial charge in [0, 0.05) is 19.3 Å². The highest BCUT2D eigenvalue weighted by atomic mass is 28.4. The lowest BCUT2D eigenvalue weighted by Crippen LogP contribution is -2.40. The number of hydrogen-bond donors (Lipinski definition) is 1. The van der Waals surface area contributed by atoms with E-state index in [4.69, 9.17) is 10.2 Å². The van der Waals surface area contributed by atoms with Crippen LogP contribution in [0.4, 0.5) is 11.5 Å². The van der Waals surface area contributed by atoms with Crippen LogP contribution in [-0.2, 0) is 11.0 Å². The molecule has 0 atom stereocenters. The lowest BCUT2D eigenvalue weighted by atomic mass is 9.90. The Morgan fingerprint density at radius 1 is 1.07 bits per heavy atom. The Kier molecular flexibility index (Phi) is 6.10. The van der Waals surface area contributed by atoms with Crippen LogP contribution in [0.25, 0.3) is 0 Å². The second kappa shape index (κ2) is 8.21. The smallest absolute Gasteiger partial charge is 0.192 e. The minimum absolute atomic E-state index is 0.220. The van der Waals surface area contributed by atoms with Gasteiger partial charge >= 0.3 is 0 Å². The van der Waals surface area contributed by atoms with Crippen LogP contribution in [0, 0.1) is 0 Å². The first kappa shape index (κ1) is 20.8. The number of piperidine rings is 1. The molecule has 0 saturated carbocycles. The molecule has 152 valence electrons. The van der Waals surface area contributed by atoms with Crippen LogP contribution in [-0.4, -0.2) is 31.4 Å². The molecule has 0 aromatic carbocycles. The van der Waals surface area contributed by atoms with Gasteiger partial charge < -0.3 is 15.1 Å². The van der Waals surface area contributed by atoms with Crippen molar-refractivity contribution in [3.8, 4) is 0 Å². The van der Waals surface area contributed by atoms with E-state index in [2.05, 4.69) is 66.9 Å². The van der Waals surface area contributed by atoms with Crippen molar-refractivity contribution in [1.29, 1.82) is 0 Å². The Morgan fingerprint density at radius 3 is 2.32 bits per heavy atom. The zero-order valence-corrected chi connectivity index (χ0v) is 18.9. The standard InChI is InChI=1S/C22H34N4OSi/c1-22(2,3)28(4,5)27-16-19-7-8-20(15-24-19)26-12-10-17(11-13-26)18-6-9-21(23)25-14-18/h6-9,14-15,17H,10-13,16H2,1-5H3,(H2,23,25). The average Bonchev–Trinajstić information content (AvgIpc) is 2.67. The minimum Gasteiger partial charge on any atom is -0.411 e. The quantitative estimate of drug-likeness (QED) is 0.721. The molecule has 1 fully saturated rings. The lowest BCUT2D eigenvalue weighted by Gasteiger charge is -2.36. The molecular weight excluding hydrogens is 364 g/mol. The molecule has 0 spiro atoms. The van der Waals surface area contributed by atoms with Crippen LogP contribution in [0.3, 0.4) is 0 Å². The van der Waals surface area contributed by atoms with Crippen molar-refractivity contribution in [2.45, 2.75) is 64.3 Å². The Balaban J connectivity index is 1.54. The molecule has 2 aromatic heterocycles. The number of nitrogens with zero attached hydrogens (tertiary/aromatic N) is 3. The predicted molar refractivity (Wildman–Crippen MR) is 119 cm³/mol. The minimum atomic E-state index is -1.74. The van der Waals surface area contributed by atoms with Crippen molar-refractivity contribution in [3.05, 3.63) is 47.9 Å². The summed E-state index contributed by atoms with van der Waals surface area (Å²) in [6.07, 6.45) is 6.17. The molecule has 2 aromatic rings. The summed E-state index contributed by atoms with van der Waals surface area (Å²) in [4.78, 5) is 11.3. The van der Waals surface area contributed by atoms with Crippen LogP contribution in [0.15, 0.2) is 36.7 Å². The molecule has 0 aliphatic carbocycles. The number of anilines is 2. The molecule has 5 nitrogen and oxygen atoms in total. The molecule has 0 bridgehead atoms. The van der Waals surface area contributed by atoms with Crippen molar-refractivity contribution >= 4 is 19.8 Å². The van der Waals surface area contributed by atoms with Crippen LogP contribution in [0.5, 0.6) is 0 Å². The number of pyridine rings is 2. The summed E-state index contributed by atoms with van der Waals surface area (Å²) in [5.74, 6) is 1.15. The molecule has 0 radical (unpaired) electrons. The van der Waals surface area contributed by atoms with E-state index < -0.39 is 8.32 Å². The third kappa shape index (κ3) is 4.91. The third-order valence-electron chi connectivity index (χ3n) is 6.34. The van der Waals surface area contributed by atoms with Crippen LogP contribution < -0.4 is 10.6 Å². The van der Waals surface area contributed by atoms with Gasteiger partial charge in [0.2, 0.25) is 0 Å². The fourth-order valence-corrected chi connectivity index (χ4v) is 4.23. The first-order valence-electron chi connectivity index (χ1n) is 10.2. The summed E-state index contributed by atoms with van der Waals surface area (Å²) < 4.78 is 6.28. The summed E-state index contributed by atoms with van der Waals surface area (Å²) in [5, 5.41) is 0.220. The maximum atomic E-state index is 6.28. The SMILES string of the molecule is CC(C)(C)[Si](C)(C)OCc1ccc(N2CCC(c3ccc(N)nc3)CC2)cn1. The lowest BCUT2D eigenvalue weighted by molar-refractivity contribution is 0.272. The zero-order valence-electron chi connectivity index (χ0n) is 17.9. The Hall–Kier alpha value is -1.92. The molecule has 1 saturated heterocycles. The molecule has 0 unspecified atom stereocenters. The second-order valence-corrected chi connectivity index (χ2v) is 14.1. The maximum absolute atomic E-state index is 6.28. The van der Waals surface area contributed by atoms with E-state index in [1.54, 1.807) is 0 Å². The Labute approximate surface area is 170 Å². The summed E-state index contributed by atoms with van der Waals surface area (Å²) in [5.41, 5.74) is 9.21. The van der Waals surface area contributed by atoms with Gasteiger partial charge in [-0.3, -0.25) is 4.98 Å². The molecule has 2 N–H and O–H groups in total.